The summed E-state index contributed by atoms with van der Waals surface area (Å²) in [5.41, 5.74) is 0.0307. The third-order valence-electron chi connectivity index (χ3n) is 2.66. The maximum Gasteiger partial charge on any atom is 0.337 e. The Labute approximate surface area is 105 Å². The molecule has 0 bridgehead atoms. The molecule has 2 aromatic carbocycles. The van der Waals surface area contributed by atoms with E-state index in [0.29, 0.717) is 11.1 Å². The third kappa shape index (κ3) is 2.79. The predicted octanol–water partition coefficient (Wildman–Crippen LogP) is 2.66. The van der Waals surface area contributed by atoms with Crippen molar-refractivity contribution in [2.45, 2.75) is 5.66 Å². The summed E-state index contributed by atoms with van der Waals surface area (Å²) in [6.07, 6.45) is 0. The van der Waals surface area contributed by atoms with Crippen LogP contribution in [0.15, 0.2) is 54.6 Å². The molecule has 2 aromatic rings. The first kappa shape index (κ1) is 12.8. The zero-order valence-electron chi connectivity index (χ0n) is 9.47. The Morgan fingerprint density at radius 3 is 1.83 bits per heavy atom. The van der Waals surface area contributed by atoms with E-state index >= 15 is 0 Å². The van der Waals surface area contributed by atoms with Crippen molar-refractivity contribution in [1.82, 2.24) is 0 Å². The van der Waals surface area contributed by atoms with Crippen LogP contribution < -0.4 is 0 Å². The molecule has 0 aliphatic heterocycles. The monoisotopic (exact) mass is 264 g/mol. The van der Waals surface area contributed by atoms with Crippen molar-refractivity contribution in [1.29, 1.82) is 0 Å². The van der Waals surface area contributed by atoms with Gasteiger partial charge in [-0.3, -0.25) is 4.57 Å². The van der Waals surface area contributed by atoms with Crippen LogP contribution in [0.2, 0.25) is 0 Å². The van der Waals surface area contributed by atoms with Gasteiger partial charge in [0, 0.05) is 0 Å². The fourth-order valence-corrected chi connectivity index (χ4v) is 2.99. The lowest BCUT2D eigenvalue weighted by Crippen LogP contribution is -2.01. The van der Waals surface area contributed by atoms with Crippen LogP contribution >= 0.6 is 7.60 Å². The Bertz CT molecular complexity index is 559. The lowest BCUT2D eigenvalue weighted by atomic mass is 10.0. The number of hydrogen-bond acceptors (Lipinski definition) is 2. The van der Waals surface area contributed by atoms with Crippen molar-refractivity contribution in [2.75, 3.05) is 0 Å². The van der Waals surface area contributed by atoms with Crippen LogP contribution in [0.5, 0.6) is 5.75 Å². The fraction of sp³-hybridized carbons (Fsp3) is 0.0769. The highest BCUT2D eigenvalue weighted by atomic mass is 31.2. The van der Waals surface area contributed by atoms with Crippen LogP contribution in [-0.2, 0) is 4.57 Å². The maximum absolute atomic E-state index is 11.6. The van der Waals surface area contributed by atoms with Crippen LogP contribution in [0, 0.1) is 0 Å². The molecule has 2 rings (SSSR count). The van der Waals surface area contributed by atoms with E-state index in [4.69, 9.17) is 0 Å². The fourth-order valence-electron chi connectivity index (χ4n) is 1.87. The average Bonchev–Trinajstić information content (AvgIpc) is 2.32. The molecular formula is C13H13O4P. The Balaban J connectivity index is 2.51. The molecule has 0 aliphatic carbocycles. The second-order valence-corrected chi connectivity index (χ2v) is 5.69. The van der Waals surface area contributed by atoms with Gasteiger partial charge < -0.3 is 14.9 Å². The van der Waals surface area contributed by atoms with E-state index in [9.17, 15) is 19.5 Å². The minimum atomic E-state index is -4.32. The largest absolute Gasteiger partial charge is 0.508 e. The third-order valence-corrected chi connectivity index (χ3v) is 3.93. The normalized spacial score (nSPS) is 13.2. The lowest BCUT2D eigenvalue weighted by molar-refractivity contribution is 0.364. The van der Waals surface area contributed by atoms with Crippen LogP contribution in [-0.4, -0.2) is 14.9 Å². The van der Waals surface area contributed by atoms with Gasteiger partial charge in [0.2, 0.25) is 0 Å². The molecule has 0 aromatic heterocycles. The van der Waals surface area contributed by atoms with E-state index in [2.05, 4.69) is 0 Å². The first-order chi connectivity index (χ1) is 8.48. The van der Waals surface area contributed by atoms with Gasteiger partial charge >= 0.3 is 7.60 Å². The molecule has 0 radical (unpaired) electrons. The zero-order valence-corrected chi connectivity index (χ0v) is 10.4. The molecule has 5 heteroatoms. The molecular weight excluding hydrogens is 251 g/mol. The number of phenols is 1. The molecule has 0 spiro atoms. The molecule has 18 heavy (non-hydrogen) atoms. The number of phenolic OH excluding ortho intramolecular Hbond substituents is 1. The molecule has 4 nitrogen and oxygen atoms in total. The summed E-state index contributed by atoms with van der Waals surface area (Å²) < 4.78 is 11.6. The van der Waals surface area contributed by atoms with Gasteiger partial charge in [-0.05, 0) is 23.3 Å². The molecule has 94 valence electrons. The summed E-state index contributed by atoms with van der Waals surface area (Å²) in [4.78, 5) is 19.0. The van der Waals surface area contributed by atoms with Gasteiger partial charge in [-0.15, -0.1) is 0 Å². The number of rotatable bonds is 3. The first-order valence-corrected chi connectivity index (χ1v) is 7.06. The van der Waals surface area contributed by atoms with Crippen LogP contribution in [0.1, 0.15) is 16.8 Å². The minimum Gasteiger partial charge on any atom is -0.508 e. The number of aromatic hydroxyl groups is 1. The van der Waals surface area contributed by atoms with Crippen molar-refractivity contribution < 1.29 is 19.5 Å². The Morgan fingerprint density at radius 1 is 0.833 bits per heavy atom. The lowest BCUT2D eigenvalue weighted by Gasteiger charge is -2.19. The molecule has 0 amide bonds. The summed E-state index contributed by atoms with van der Waals surface area (Å²) in [5.74, 6) is 0.0660. The summed E-state index contributed by atoms with van der Waals surface area (Å²) in [6, 6.07) is 14.5. The topological polar surface area (TPSA) is 77.8 Å². The number of hydrogen-bond donors (Lipinski definition) is 3. The van der Waals surface area contributed by atoms with Gasteiger partial charge in [-0.25, -0.2) is 0 Å². The van der Waals surface area contributed by atoms with Gasteiger partial charge in [-0.2, -0.15) is 0 Å². The minimum absolute atomic E-state index is 0.0660. The summed E-state index contributed by atoms with van der Waals surface area (Å²) in [5, 5.41) is 9.22. The maximum atomic E-state index is 11.6. The van der Waals surface area contributed by atoms with Crippen molar-refractivity contribution in [3.05, 3.63) is 65.7 Å². The van der Waals surface area contributed by atoms with Gasteiger partial charge in [0.05, 0.1) is 0 Å². The highest BCUT2D eigenvalue weighted by molar-refractivity contribution is 7.52. The Kier molecular flexibility index (Phi) is 3.53. The molecule has 3 N–H and O–H groups in total. The van der Waals surface area contributed by atoms with Crippen molar-refractivity contribution >= 4 is 7.60 Å². The van der Waals surface area contributed by atoms with E-state index in [1.165, 1.54) is 24.3 Å². The number of benzene rings is 2. The van der Waals surface area contributed by atoms with E-state index in [1.54, 1.807) is 30.3 Å². The zero-order chi connectivity index (χ0) is 13.2. The smallest absolute Gasteiger partial charge is 0.337 e. The van der Waals surface area contributed by atoms with Crippen molar-refractivity contribution in [2.24, 2.45) is 0 Å². The van der Waals surface area contributed by atoms with E-state index in [0.717, 1.165) is 0 Å². The molecule has 0 heterocycles. The predicted molar refractivity (Wildman–Crippen MR) is 68.4 cm³/mol. The first-order valence-electron chi connectivity index (χ1n) is 5.37. The van der Waals surface area contributed by atoms with Crippen LogP contribution in [0.25, 0.3) is 0 Å². The summed E-state index contributed by atoms with van der Waals surface area (Å²) in [6.45, 7) is 0. The molecule has 0 saturated carbocycles. The van der Waals surface area contributed by atoms with Gasteiger partial charge in [0.25, 0.3) is 0 Å². The van der Waals surface area contributed by atoms with Crippen LogP contribution in [0.4, 0.5) is 0 Å². The van der Waals surface area contributed by atoms with E-state index in [-0.39, 0.29) is 5.75 Å². The van der Waals surface area contributed by atoms with Gasteiger partial charge in [0.15, 0.2) is 0 Å². The molecule has 0 fully saturated rings. The molecule has 1 atom stereocenters. The highest BCUT2D eigenvalue weighted by Crippen LogP contribution is 2.55. The second-order valence-electron chi connectivity index (χ2n) is 3.99. The van der Waals surface area contributed by atoms with E-state index in [1.807, 2.05) is 0 Å². The van der Waals surface area contributed by atoms with Crippen LogP contribution in [0.3, 0.4) is 0 Å². The summed E-state index contributed by atoms with van der Waals surface area (Å²) in [7, 11) is -4.32. The quantitative estimate of drug-likeness (QED) is 0.745. The highest BCUT2D eigenvalue weighted by Gasteiger charge is 2.31. The molecule has 1 unspecified atom stereocenters. The second kappa shape index (κ2) is 4.94. The Morgan fingerprint density at radius 2 is 1.33 bits per heavy atom. The van der Waals surface area contributed by atoms with Crippen molar-refractivity contribution in [3.8, 4) is 5.75 Å². The standard InChI is InChI=1S/C13H13O4P/c14-12-8-6-11(7-9-12)13(18(15,16)17)10-4-2-1-3-5-10/h1-9,13-14H,(H2,15,16,17). The van der Waals surface area contributed by atoms with Gasteiger partial charge in [0.1, 0.15) is 11.4 Å². The van der Waals surface area contributed by atoms with Crippen molar-refractivity contribution in [3.63, 3.8) is 0 Å². The van der Waals surface area contributed by atoms with E-state index < -0.39 is 13.3 Å². The Hall–Kier alpha value is -1.61. The molecule has 0 saturated heterocycles. The van der Waals surface area contributed by atoms with Gasteiger partial charge in [-0.1, -0.05) is 42.5 Å². The summed E-state index contributed by atoms with van der Waals surface area (Å²) >= 11 is 0. The SMILES string of the molecule is O=P(O)(O)C(c1ccccc1)c1ccc(O)cc1. The average molecular weight is 264 g/mol. The molecule has 0 aliphatic rings.